The van der Waals surface area contributed by atoms with Crippen molar-refractivity contribution in [2.45, 2.75) is 0 Å². The second-order valence-corrected chi connectivity index (χ2v) is 5.56. The predicted octanol–water partition coefficient (Wildman–Crippen LogP) is 2.01. The van der Waals surface area contributed by atoms with Crippen LogP contribution in [0.2, 0.25) is 0 Å². The highest BCUT2D eigenvalue weighted by Crippen LogP contribution is 2.10. The van der Waals surface area contributed by atoms with Crippen LogP contribution in [0.1, 0.15) is 10.4 Å². The number of nitrogens with one attached hydrogen (secondary N) is 2. The van der Waals surface area contributed by atoms with Crippen molar-refractivity contribution in [3.8, 4) is 0 Å². The summed E-state index contributed by atoms with van der Waals surface area (Å²) in [4.78, 5) is 25.9. The van der Waals surface area contributed by atoms with Crippen molar-refractivity contribution in [2.75, 3.05) is 26.0 Å². The number of nitrogens with two attached hydrogens (primary N) is 1. The van der Waals surface area contributed by atoms with E-state index in [0.29, 0.717) is 29.2 Å². The Hall–Kier alpha value is -3.12. The second kappa shape index (κ2) is 9.89. The van der Waals surface area contributed by atoms with Crippen LogP contribution in [0, 0.1) is 0 Å². The Kier molecular flexibility index (Phi) is 7.89. The molecule has 1 rings (SSSR count). The van der Waals surface area contributed by atoms with E-state index in [2.05, 4.69) is 23.8 Å². The van der Waals surface area contributed by atoms with Gasteiger partial charge in [-0.15, -0.1) is 0 Å². The Morgan fingerprint density at radius 1 is 1.24 bits per heavy atom. The lowest BCUT2D eigenvalue weighted by Gasteiger charge is -2.08. The van der Waals surface area contributed by atoms with Gasteiger partial charge in [0.2, 0.25) is 5.91 Å². The monoisotopic (exact) mass is 340 g/mol. The zero-order valence-electron chi connectivity index (χ0n) is 14.6. The summed E-state index contributed by atoms with van der Waals surface area (Å²) < 4.78 is 0. The number of hydrogen-bond donors (Lipinski definition) is 3. The number of hydrogen-bond acceptors (Lipinski definition) is 4. The summed E-state index contributed by atoms with van der Waals surface area (Å²) in [6.07, 6.45) is 6.23. The maximum atomic E-state index is 12.2. The fourth-order valence-electron chi connectivity index (χ4n) is 1.81. The molecule has 0 heterocycles. The molecule has 25 heavy (non-hydrogen) atoms. The molecule has 6 nitrogen and oxygen atoms in total. The molecule has 0 bridgehead atoms. The van der Waals surface area contributed by atoms with E-state index in [9.17, 15) is 9.59 Å². The van der Waals surface area contributed by atoms with Crippen molar-refractivity contribution in [3.05, 3.63) is 78.7 Å². The molecule has 132 valence electrons. The first-order chi connectivity index (χ1) is 11.8. The number of amides is 2. The van der Waals surface area contributed by atoms with Crippen LogP contribution >= 0.6 is 0 Å². The van der Waals surface area contributed by atoms with Crippen LogP contribution in [-0.2, 0) is 4.79 Å². The zero-order valence-corrected chi connectivity index (χ0v) is 14.6. The molecule has 6 heteroatoms. The highest BCUT2D eigenvalue weighted by Gasteiger charge is 2.07. The molecule has 0 fully saturated rings. The van der Waals surface area contributed by atoms with Gasteiger partial charge < -0.3 is 21.3 Å². The number of rotatable bonds is 8. The Bertz CT molecular complexity index is 701. The van der Waals surface area contributed by atoms with E-state index >= 15 is 0 Å². The Morgan fingerprint density at radius 3 is 2.40 bits per heavy atom. The average Bonchev–Trinajstić information content (AvgIpc) is 2.53. The zero-order chi connectivity index (χ0) is 18.8. The molecule has 0 aromatic heterocycles. The first kappa shape index (κ1) is 19.9. The van der Waals surface area contributed by atoms with Crippen molar-refractivity contribution < 1.29 is 9.59 Å². The van der Waals surface area contributed by atoms with E-state index in [4.69, 9.17) is 5.73 Å². The Morgan fingerprint density at radius 2 is 1.88 bits per heavy atom. The van der Waals surface area contributed by atoms with Crippen LogP contribution in [0.3, 0.4) is 0 Å². The fourth-order valence-corrected chi connectivity index (χ4v) is 1.81. The Labute approximate surface area is 148 Å². The number of carbonyl (C=O) groups excluding carboxylic acids is 2. The molecule has 0 aliphatic carbocycles. The summed E-state index contributed by atoms with van der Waals surface area (Å²) in [6, 6.07) is 6.55. The number of anilines is 1. The van der Waals surface area contributed by atoms with Gasteiger partial charge in [-0.2, -0.15) is 0 Å². The van der Waals surface area contributed by atoms with Crippen LogP contribution in [0.4, 0.5) is 5.69 Å². The number of likely N-dealkylation sites (N-methyl/N-ethyl adjacent to an activating group) is 1. The second-order valence-electron chi connectivity index (χ2n) is 5.56. The molecule has 1 aromatic carbocycles. The van der Waals surface area contributed by atoms with Gasteiger partial charge in [0.15, 0.2) is 0 Å². The molecule has 4 N–H and O–H groups in total. The minimum absolute atomic E-state index is 0.225. The van der Waals surface area contributed by atoms with Gasteiger partial charge in [-0.25, -0.2) is 0 Å². The van der Waals surface area contributed by atoms with E-state index in [-0.39, 0.29) is 11.8 Å². The van der Waals surface area contributed by atoms with Crippen molar-refractivity contribution in [3.63, 3.8) is 0 Å². The van der Waals surface area contributed by atoms with Crippen LogP contribution < -0.4 is 16.4 Å². The summed E-state index contributed by atoms with van der Waals surface area (Å²) in [7, 11) is 3.84. The van der Waals surface area contributed by atoms with Crippen LogP contribution in [-0.4, -0.2) is 37.4 Å². The first-order valence-electron chi connectivity index (χ1n) is 7.64. The highest BCUT2D eigenvalue weighted by atomic mass is 16.2. The minimum Gasteiger partial charge on any atom is -0.399 e. The van der Waals surface area contributed by atoms with E-state index in [1.807, 2.05) is 19.0 Å². The standard InChI is InChI=1S/C19H24N4O2/c1-5-16(13-14(2)20)22-19(25)15-8-10-17(11-9-15)21-18(24)7-6-12-23(3)4/h5-11,13H,1-2,12,20H2,3-4H3,(H,21,24)(H,22,25)/b7-6+,16-13+. The van der Waals surface area contributed by atoms with Crippen LogP contribution in [0.15, 0.2) is 73.1 Å². The molecule has 0 unspecified atom stereocenters. The molecular weight excluding hydrogens is 316 g/mol. The van der Waals surface area contributed by atoms with E-state index < -0.39 is 0 Å². The maximum absolute atomic E-state index is 12.2. The molecule has 0 saturated carbocycles. The molecule has 1 aromatic rings. The smallest absolute Gasteiger partial charge is 0.255 e. The van der Waals surface area contributed by atoms with E-state index in [1.54, 1.807) is 30.3 Å². The van der Waals surface area contributed by atoms with Crippen molar-refractivity contribution >= 4 is 17.5 Å². The molecule has 0 spiro atoms. The van der Waals surface area contributed by atoms with Gasteiger partial charge in [-0.3, -0.25) is 9.59 Å². The Balaban J connectivity index is 2.68. The van der Waals surface area contributed by atoms with Crippen molar-refractivity contribution in [1.29, 1.82) is 0 Å². The lowest BCUT2D eigenvalue weighted by atomic mass is 10.2. The molecule has 0 aliphatic heterocycles. The third-order valence-corrected chi connectivity index (χ3v) is 2.97. The van der Waals surface area contributed by atoms with Gasteiger partial charge in [-0.05, 0) is 50.5 Å². The minimum atomic E-state index is -0.309. The maximum Gasteiger partial charge on any atom is 0.255 e. The summed E-state index contributed by atoms with van der Waals surface area (Å²) in [5.74, 6) is -0.534. The summed E-state index contributed by atoms with van der Waals surface area (Å²) in [5, 5.41) is 5.40. The number of nitrogens with zero attached hydrogens (tertiary/aromatic N) is 1. The molecule has 0 aliphatic rings. The van der Waals surface area contributed by atoms with Crippen molar-refractivity contribution in [1.82, 2.24) is 10.2 Å². The van der Waals surface area contributed by atoms with Crippen molar-refractivity contribution in [2.24, 2.45) is 5.73 Å². The average molecular weight is 340 g/mol. The third kappa shape index (κ3) is 7.81. The predicted molar refractivity (Wildman–Crippen MR) is 102 cm³/mol. The topological polar surface area (TPSA) is 87.5 Å². The van der Waals surface area contributed by atoms with Gasteiger partial charge >= 0.3 is 0 Å². The van der Waals surface area contributed by atoms with E-state index in [0.717, 1.165) is 0 Å². The summed E-state index contributed by atoms with van der Waals surface area (Å²) in [6.45, 7) is 7.83. The van der Waals surface area contributed by atoms with Gasteiger partial charge in [-0.1, -0.05) is 19.2 Å². The van der Waals surface area contributed by atoms with Crippen LogP contribution in [0.25, 0.3) is 0 Å². The van der Waals surface area contributed by atoms with Gasteiger partial charge in [0.1, 0.15) is 0 Å². The van der Waals surface area contributed by atoms with E-state index in [1.165, 1.54) is 18.2 Å². The number of carbonyl (C=O) groups is 2. The molecule has 0 radical (unpaired) electrons. The summed E-state index contributed by atoms with van der Waals surface area (Å²) in [5.41, 5.74) is 7.30. The number of benzene rings is 1. The molecular formula is C19H24N4O2. The lowest BCUT2D eigenvalue weighted by Crippen LogP contribution is -2.22. The van der Waals surface area contributed by atoms with Gasteiger partial charge in [0, 0.05) is 35.3 Å². The number of allylic oxidation sites excluding steroid dienone is 2. The first-order valence-corrected chi connectivity index (χ1v) is 7.64. The van der Waals surface area contributed by atoms with Gasteiger partial charge in [0.25, 0.3) is 5.91 Å². The largest absolute Gasteiger partial charge is 0.399 e. The van der Waals surface area contributed by atoms with Crippen LogP contribution in [0.5, 0.6) is 0 Å². The molecule has 0 atom stereocenters. The molecule has 2 amide bonds. The lowest BCUT2D eigenvalue weighted by molar-refractivity contribution is -0.111. The normalized spacial score (nSPS) is 11.4. The fraction of sp³-hybridized carbons (Fsp3) is 0.158. The molecule has 0 saturated heterocycles. The van der Waals surface area contributed by atoms with Gasteiger partial charge in [0.05, 0.1) is 0 Å². The quantitative estimate of drug-likeness (QED) is 0.499. The summed E-state index contributed by atoms with van der Waals surface area (Å²) >= 11 is 0. The highest BCUT2D eigenvalue weighted by molar-refractivity contribution is 6.00. The SMILES string of the molecule is C=C/C(=C\C(=C)N)NC(=O)c1ccc(NC(=O)/C=C/CN(C)C)cc1. The third-order valence-electron chi connectivity index (χ3n) is 2.97.